The summed E-state index contributed by atoms with van der Waals surface area (Å²) in [5.41, 5.74) is 0.108. The molecule has 3 N–H and O–H groups in total. The molecule has 0 atom stereocenters. The average molecular weight is 493 g/mol. The fraction of sp³-hybridized carbons (Fsp3) is 0.900. The summed E-state index contributed by atoms with van der Waals surface area (Å²) in [6.45, 7) is 8.40. The van der Waals surface area contributed by atoms with Crippen molar-refractivity contribution in [3.8, 4) is 0 Å². The Morgan fingerprint density at radius 1 is 1.04 bits per heavy atom. The fourth-order valence-electron chi connectivity index (χ4n) is 3.97. The van der Waals surface area contributed by atoms with E-state index in [1.165, 1.54) is 51.6 Å². The van der Waals surface area contributed by atoms with Gasteiger partial charge in [0.2, 0.25) is 5.91 Å². The van der Waals surface area contributed by atoms with Gasteiger partial charge in [-0.25, -0.2) is 0 Å². The maximum atomic E-state index is 12.1. The Balaban J connectivity index is 0.00000364. The summed E-state index contributed by atoms with van der Waals surface area (Å²) in [5.74, 6) is 0.925. The van der Waals surface area contributed by atoms with Gasteiger partial charge in [0.1, 0.15) is 0 Å². The van der Waals surface area contributed by atoms with Crippen LogP contribution in [0.3, 0.4) is 0 Å². The van der Waals surface area contributed by atoms with Crippen LogP contribution in [0.15, 0.2) is 4.99 Å². The van der Waals surface area contributed by atoms with Gasteiger partial charge in [0.15, 0.2) is 5.96 Å². The zero-order chi connectivity index (χ0) is 18.8. The van der Waals surface area contributed by atoms with Crippen LogP contribution in [0.2, 0.25) is 0 Å². The number of amides is 1. The summed E-state index contributed by atoms with van der Waals surface area (Å²) in [6.07, 6.45) is 10.5. The highest BCUT2D eigenvalue weighted by Gasteiger charge is 2.27. The van der Waals surface area contributed by atoms with Gasteiger partial charge in [0.05, 0.1) is 0 Å². The zero-order valence-corrected chi connectivity index (χ0v) is 19.8. The number of likely N-dealkylation sites (tertiary alicyclic amines) is 1. The molecule has 27 heavy (non-hydrogen) atoms. The van der Waals surface area contributed by atoms with Crippen LogP contribution in [0.5, 0.6) is 0 Å². The van der Waals surface area contributed by atoms with Crippen molar-refractivity contribution in [3.05, 3.63) is 0 Å². The standard InChI is InChI=1S/C20H39N5O.HI/c1-20(2,25-14-8-5-9-15-25)16-23-19(21-3)22-13-12-18(26)24-17-10-6-4-7-11-17;/h17H,4-16H2,1-3H3,(H,24,26)(H2,21,22,23);1H. The lowest BCUT2D eigenvalue weighted by molar-refractivity contribution is -0.121. The number of halogens is 1. The van der Waals surface area contributed by atoms with Crippen LogP contribution < -0.4 is 16.0 Å². The van der Waals surface area contributed by atoms with Crippen molar-refractivity contribution in [2.75, 3.05) is 33.2 Å². The number of nitrogens with one attached hydrogen (secondary N) is 3. The van der Waals surface area contributed by atoms with Gasteiger partial charge in [-0.15, -0.1) is 24.0 Å². The van der Waals surface area contributed by atoms with Crippen molar-refractivity contribution in [2.24, 2.45) is 4.99 Å². The summed E-state index contributed by atoms with van der Waals surface area (Å²) < 4.78 is 0. The van der Waals surface area contributed by atoms with Crippen LogP contribution in [0.1, 0.15) is 71.6 Å². The second-order valence-corrected chi connectivity index (χ2v) is 8.37. The monoisotopic (exact) mass is 493 g/mol. The van der Waals surface area contributed by atoms with E-state index in [-0.39, 0.29) is 35.4 Å². The van der Waals surface area contributed by atoms with Gasteiger partial charge in [-0.1, -0.05) is 25.7 Å². The van der Waals surface area contributed by atoms with Crippen molar-refractivity contribution in [1.82, 2.24) is 20.9 Å². The maximum absolute atomic E-state index is 12.1. The minimum absolute atomic E-state index is 0. The normalized spacial score (nSPS) is 19.9. The van der Waals surface area contributed by atoms with E-state index in [1.807, 2.05) is 0 Å². The van der Waals surface area contributed by atoms with Crippen LogP contribution in [0, 0.1) is 0 Å². The number of hydrogen-bond donors (Lipinski definition) is 3. The molecule has 0 aromatic heterocycles. The first-order valence-electron chi connectivity index (χ1n) is 10.5. The zero-order valence-electron chi connectivity index (χ0n) is 17.5. The van der Waals surface area contributed by atoms with Crippen LogP contribution >= 0.6 is 24.0 Å². The van der Waals surface area contributed by atoms with Crippen molar-refractivity contribution in [3.63, 3.8) is 0 Å². The van der Waals surface area contributed by atoms with Gasteiger partial charge >= 0.3 is 0 Å². The lowest BCUT2D eigenvalue weighted by atomic mass is 9.95. The number of nitrogens with zero attached hydrogens (tertiary/aromatic N) is 2. The molecule has 1 aliphatic heterocycles. The predicted molar refractivity (Wildman–Crippen MR) is 124 cm³/mol. The number of aliphatic imine (C=N–C) groups is 1. The third-order valence-corrected chi connectivity index (χ3v) is 5.74. The number of carbonyl (C=O) groups excluding carboxylic acids is 1. The number of carbonyl (C=O) groups is 1. The molecule has 2 aliphatic rings. The van der Waals surface area contributed by atoms with E-state index in [9.17, 15) is 4.79 Å². The molecule has 1 saturated heterocycles. The molecule has 1 amide bonds. The Bertz CT molecular complexity index is 457. The number of rotatable bonds is 7. The van der Waals surface area contributed by atoms with Crippen molar-refractivity contribution < 1.29 is 4.79 Å². The van der Waals surface area contributed by atoms with E-state index in [4.69, 9.17) is 0 Å². The molecular weight excluding hydrogens is 453 g/mol. The lowest BCUT2D eigenvalue weighted by Gasteiger charge is -2.41. The maximum Gasteiger partial charge on any atom is 0.221 e. The average Bonchev–Trinajstić information content (AvgIpc) is 2.66. The van der Waals surface area contributed by atoms with Crippen LogP contribution in [0.25, 0.3) is 0 Å². The molecule has 0 spiro atoms. The molecule has 2 fully saturated rings. The Morgan fingerprint density at radius 2 is 1.67 bits per heavy atom. The third kappa shape index (κ3) is 8.98. The molecule has 0 unspecified atom stereocenters. The molecule has 158 valence electrons. The summed E-state index contributed by atoms with van der Waals surface area (Å²) in [5, 5.41) is 9.86. The molecule has 0 bridgehead atoms. The van der Waals surface area contributed by atoms with E-state index >= 15 is 0 Å². The summed E-state index contributed by atoms with van der Waals surface area (Å²) in [6, 6.07) is 0.388. The molecule has 1 heterocycles. The highest BCUT2D eigenvalue weighted by molar-refractivity contribution is 14.0. The molecule has 1 aliphatic carbocycles. The molecule has 6 nitrogen and oxygen atoms in total. The van der Waals surface area contributed by atoms with Crippen molar-refractivity contribution in [2.45, 2.75) is 83.2 Å². The van der Waals surface area contributed by atoms with Crippen LogP contribution in [0.4, 0.5) is 0 Å². The lowest BCUT2D eigenvalue weighted by Crippen LogP contribution is -2.55. The minimum atomic E-state index is 0. The Hall–Kier alpha value is -0.570. The number of piperidine rings is 1. The predicted octanol–water partition coefficient (Wildman–Crippen LogP) is 2.87. The highest BCUT2D eigenvalue weighted by Crippen LogP contribution is 2.20. The van der Waals surface area contributed by atoms with Gasteiger partial charge in [-0.05, 0) is 52.6 Å². The fourth-order valence-corrected chi connectivity index (χ4v) is 3.97. The van der Waals surface area contributed by atoms with Crippen molar-refractivity contribution >= 4 is 35.8 Å². The van der Waals surface area contributed by atoms with Crippen LogP contribution in [-0.4, -0.2) is 61.6 Å². The number of hydrogen-bond acceptors (Lipinski definition) is 3. The van der Waals surface area contributed by atoms with Gasteiger partial charge in [0.25, 0.3) is 0 Å². The third-order valence-electron chi connectivity index (χ3n) is 5.74. The van der Waals surface area contributed by atoms with E-state index in [0.717, 1.165) is 25.3 Å². The van der Waals surface area contributed by atoms with Gasteiger partial charge in [0, 0.05) is 38.1 Å². The molecule has 0 aromatic rings. The quantitative estimate of drug-likeness (QED) is 0.290. The Labute approximate surface area is 182 Å². The van der Waals surface area contributed by atoms with E-state index in [0.29, 0.717) is 19.0 Å². The summed E-state index contributed by atoms with van der Waals surface area (Å²) in [7, 11) is 1.78. The SMILES string of the molecule is CN=C(NCCC(=O)NC1CCCCC1)NCC(C)(C)N1CCCCC1.I. The van der Waals surface area contributed by atoms with Crippen LogP contribution in [-0.2, 0) is 4.79 Å². The molecule has 7 heteroatoms. The Kier molecular flexibility index (Phi) is 11.6. The van der Waals surface area contributed by atoms with Gasteiger partial charge in [-0.3, -0.25) is 14.7 Å². The molecule has 0 aromatic carbocycles. The smallest absolute Gasteiger partial charge is 0.221 e. The minimum Gasteiger partial charge on any atom is -0.356 e. The topological polar surface area (TPSA) is 68.8 Å². The molecule has 0 radical (unpaired) electrons. The molecule has 1 saturated carbocycles. The number of guanidine groups is 1. The summed E-state index contributed by atoms with van der Waals surface area (Å²) in [4.78, 5) is 18.9. The van der Waals surface area contributed by atoms with Gasteiger partial charge in [-0.2, -0.15) is 0 Å². The van der Waals surface area contributed by atoms with E-state index < -0.39 is 0 Å². The van der Waals surface area contributed by atoms with E-state index in [2.05, 4.69) is 39.7 Å². The second kappa shape index (κ2) is 12.8. The summed E-state index contributed by atoms with van der Waals surface area (Å²) >= 11 is 0. The highest BCUT2D eigenvalue weighted by atomic mass is 127. The first kappa shape index (κ1) is 24.5. The molecule has 2 rings (SSSR count). The molecular formula is C20H40IN5O. The largest absolute Gasteiger partial charge is 0.356 e. The first-order valence-corrected chi connectivity index (χ1v) is 10.5. The second-order valence-electron chi connectivity index (χ2n) is 8.37. The Morgan fingerprint density at radius 3 is 2.30 bits per heavy atom. The van der Waals surface area contributed by atoms with Crippen molar-refractivity contribution in [1.29, 1.82) is 0 Å². The first-order chi connectivity index (χ1) is 12.5. The van der Waals surface area contributed by atoms with E-state index in [1.54, 1.807) is 7.05 Å². The van der Waals surface area contributed by atoms with Gasteiger partial charge < -0.3 is 16.0 Å².